The molecule has 1 spiro atoms. The summed E-state index contributed by atoms with van der Waals surface area (Å²) in [5.74, 6) is -0.292. The van der Waals surface area contributed by atoms with Gasteiger partial charge in [0.05, 0.1) is 0 Å². The highest BCUT2D eigenvalue weighted by molar-refractivity contribution is 6.07. The number of anilines is 1. The molecular weight excluding hydrogens is 260 g/mol. The van der Waals surface area contributed by atoms with Crippen LogP contribution >= 0.6 is 0 Å². The lowest BCUT2D eigenvalue weighted by Crippen LogP contribution is -2.47. The fourth-order valence-corrected chi connectivity index (χ4v) is 2.72. The van der Waals surface area contributed by atoms with E-state index in [4.69, 9.17) is 0 Å². The Bertz CT molecular complexity index is 628. The molecule has 1 aromatic rings. The molecule has 1 saturated heterocycles. The average Bonchev–Trinajstić information content (AvgIpc) is 2.89. The molecule has 0 radical (unpaired) electrons. The van der Waals surface area contributed by atoms with Crippen LogP contribution in [0.3, 0.4) is 0 Å². The van der Waals surface area contributed by atoms with E-state index >= 15 is 0 Å². The SMILES string of the molecule is CNC(=O)Nc1ccc2c(c1)CC1(C2)NC(=O)NC1=O. The van der Waals surface area contributed by atoms with Crippen LogP contribution in [-0.2, 0) is 17.6 Å². The van der Waals surface area contributed by atoms with Crippen LogP contribution < -0.4 is 21.3 Å². The van der Waals surface area contributed by atoms with E-state index < -0.39 is 11.6 Å². The topological polar surface area (TPSA) is 99.3 Å². The van der Waals surface area contributed by atoms with Crippen LogP contribution in [0.4, 0.5) is 15.3 Å². The van der Waals surface area contributed by atoms with Crippen LogP contribution in [0.15, 0.2) is 18.2 Å². The molecule has 3 rings (SSSR count). The summed E-state index contributed by atoms with van der Waals surface area (Å²) in [6, 6.07) is 4.72. The monoisotopic (exact) mass is 274 g/mol. The Morgan fingerprint density at radius 2 is 2.00 bits per heavy atom. The smallest absolute Gasteiger partial charge is 0.322 e. The number of imide groups is 1. The minimum Gasteiger partial charge on any atom is -0.341 e. The van der Waals surface area contributed by atoms with Gasteiger partial charge < -0.3 is 16.0 Å². The van der Waals surface area contributed by atoms with Crippen LogP contribution in [0.25, 0.3) is 0 Å². The van der Waals surface area contributed by atoms with E-state index in [9.17, 15) is 14.4 Å². The molecule has 0 bridgehead atoms. The fraction of sp³-hybridized carbons (Fsp3) is 0.308. The molecule has 104 valence electrons. The standard InChI is InChI=1S/C13H14N4O3/c1-14-11(19)15-9-3-2-7-5-13(6-8(7)4-9)10(18)16-12(20)17-13/h2-4H,5-6H2,1H3,(H2,14,15,19)(H2,16,17,18,20). The number of amides is 5. The Labute approximate surface area is 115 Å². The summed E-state index contributed by atoms with van der Waals surface area (Å²) in [5.41, 5.74) is 1.75. The Morgan fingerprint density at radius 3 is 2.65 bits per heavy atom. The zero-order valence-electron chi connectivity index (χ0n) is 10.9. The van der Waals surface area contributed by atoms with E-state index in [2.05, 4.69) is 21.3 Å². The maximum Gasteiger partial charge on any atom is 0.322 e. The van der Waals surface area contributed by atoms with Crippen molar-refractivity contribution < 1.29 is 14.4 Å². The summed E-state index contributed by atoms with van der Waals surface area (Å²) in [4.78, 5) is 34.5. The quantitative estimate of drug-likeness (QED) is 0.547. The number of urea groups is 2. The van der Waals surface area contributed by atoms with Crippen LogP contribution in [0.2, 0.25) is 0 Å². The molecule has 4 N–H and O–H groups in total. The van der Waals surface area contributed by atoms with Crippen LogP contribution in [-0.4, -0.2) is 30.6 Å². The molecule has 5 amide bonds. The third kappa shape index (κ3) is 1.87. The summed E-state index contributed by atoms with van der Waals surface area (Å²) >= 11 is 0. The number of fused-ring (bicyclic) bond motifs is 1. The number of nitrogens with one attached hydrogen (secondary N) is 4. The van der Waals surface area contributed by atoms with Gasteiger partial charge in [0.2, 0.25) is 0 Å². The molecule has 0 aromatic heterocycles. The number of carbonyl (C=O) groups excluding carboxylic acids is 3. The molecule has 1 atom stereocenters. The Kier molecular flexibility index (Phi) is 2.63. The van der Waals surface area contributed by atoms with E-state index in [0.717, 1.165) is 11.1 Å². The van der Waals surface area contributed by atoms with Crippen molar-refractivity contribution in [3.8, 4) is 0 Å². The van der Waals surface area contributed by atoms with Gasteiger partial charge in [-0.15, -0.1) is 0 Å². The largest absolute Gasteiger partial charge is 0.341 e. The molecule has 1 aliphatic carbocycles. The molecule has 1 heterocycles. The molecule has 7 nitrogen and oxygen atoms in total. The minimum atomic E-state index is -0.870. The van der Waals surface area contributed by atoms with Gasteiger partial charge in [-0.2, -0.15) is 0 Å². The second-order valence-corrected chi connectivity index (χ2v) is 5.03. The van der Waals surface area contributed by atoms with Gasteiger partial charge in [0.1, 0.15) is 5.54 Å². The van der Waals surface area contributed by atoms with Crippen molar-refractivity contribution in [2.24, 2.45) is 0 Å². The third-order valence-electron chi connectivity index (χ3n) is 3.69. The minimum absolute atomic E-state index is 0.292. The highest BCUT2D eigenvalue weighted by Gasteiger charge is 2.49. The molecule has 2 aliphatic rings. The zero-order chi connectivity index (χ0) is 14.3. The fourth-order valence-electron chi connectivity index (χ4n) is 2.72. The number of hydrogen-bond acceptors (Lipinski definition) is 3. The van der Waals surface area contributed by atoms with Gasteiger partial charge in [-0.1, -0.05) is 6.07 Å². The highest BCUT2D eigenvalue weighted by atomic mass is 16.2. The van der Waals surface area contributed by atoms with Crippen molar-refractivity contribution >= 4 is 23.7 Å². The van der Waals surface area contributed by atoms with Gasteiger partial charge in [0, 0.05) is 25.6 Å². The van der Waals surface area contributed by atoms with E-state index in [1.54, 1.807) is 6.07 Å². The highest BCUT2D eigenvalue weighted by Crippen LogP contribution is 2.33. The number of rotatable bonds is 1. The zero-order valence-corrected chi connectivity index (χ0v) is 10.9. The van der Waals surface area contributed by atoms with Crippen molar-refractivity contribution in [1.82, 2.24) is 16.0 Å². The normalized spacial score (nSPS) is 23.2. The number of benzene rings is 1. The Balaban J connectivity index is 1.85. The summed E-state index contributed by atoms with van der Waals surface area (Å²) in [6.45, 7) is 0. The molecule has 1 unspecified atom stereocenters. The van der Waals surface area contributed by atoms with Crippen LogP contribution in [0, 0.1) is 0 Å². The predicted molar refractivity (Wildman–Crippen MR) is 71.3 cm³/mol. The first kappa shape index (κ1) is 12.5. The van der Waals surface area contributed by atoms with Crippen LogP contribution in [0.1, 0.15) is 11.1 Å². The van der Waals surface area contributed by atoms with Gasteiger partial charge in [-0.3, -0.25) is 10.1 Å². The first-order valence-electron chi connectivity index (χ1n) is 6.26. The number of hydrogen-bond donors (Lipinski definition) is 4. The number of carbonyl (C=O) groups is 3. The molecule has 1 aromatic carbocycles. The van der Waals surface area contributed by atoms with Gasteiger partial charge in [-0.25, -0.2) is 9.59 Å². The Morgan fingerprint density at radius 1 is 1.25 bits per heavy atom. The maximum atomic E-state index is 11.9. The lowest BCUT2D eigenvalue weighted by molar-refractivity contribution is -0.123. The van der Waals surface area contributed by atoms with E-state index in [0.29, 0.717) is 18.5 Å². The Hall–Kier alpha value is -2.57. The van der Waals surface area contributed by atoms with E-state index in [1.807, 2.05) is 12.1 Å². The van der Waals surface area contributed by atoms with Crippen molar-refractivity contribution in [2.75, 3.05) is 12.4 Å². The van der Waals surface area contributed by atoms with Crippen molar-refractivity contribution in [2.45, 2.75) is 18.4 Å². The van der Waals surface area contributed by atoms with Gasteiger partial charge >= 0.3 is 12.1 Å². The maximum absolute atomic E-state index is 11.9. The van der Waals surface area contributed by atoms with E-state index in [1.165, 1.54) is 7.05 Å². The predicted octanol–water partition coefficient (Wildman–Crippen LogP) is 0.115. The molecule has 1 fully saturated rings. The first-order chi connectivity index (χ1) is 9.52. The molecule has 7 heteroatoms. The first-order valence-corrected chi connectivity index (χ1v) is 6.26. The van der Waals surface area contributed by atoms with E-state index in [-0.39, 0.29) is 11.9 Å². The summed E-state index contributed by atoms with van der Waals surface area (Å²) in [6.07, 6.45) is 0.906. The second kappa shape index (κ2) is 4.22. The van der Waals surface area contributed by atoms with Gasteiger partial charge in [-0.05, 0) is 23.3 Å². The third-order valence-corrected chi connectivity index (χ3v) is 3.69. The summed E-state index contributed by atoms with van der Waals surface area (Å²) < 4.78 is 0. The van der Waals surface area contributed by atoms with Crippen molar-refractivity contribution in [1.29, 1.82) is 0 Å². The van der Waals surface area contributed by atoms with Gasteiger partial charge in [0.15, 0.2) is 0 Å². The van der Waals surface area contributed by atoms with Crippen molar-refractivity contribution in [3.63, 3.8) is 0 Å². The van der Waals surface area contributed by atoms with Gasteiger partial charge in [0.25, 0.3) is 5.91 Å². The summed E-state index contributed by atoms with van der Waals surface area (Å²) in [5, 5.41) is 10.1. The molecule has 0 saturated carbocycles. The molecular formula is C13H14N4O3. The lowest BCUT2D eigenvalue weighted by Gasteiger charge is -2.18. The molecule has 1 aliphatic heterocycles. The molecule has 20 heavy (non-hydrogen) atoms. The second-order valence-electron chi connectivity index (χ2n) is 5.03. The summed E-state index contributed by atoms with van der Waals surface area (Å²) in [7, 11) is 1.54. The van der Waals surface area contributed by atoms with Crippen LogP contribution in [0.5, 0.6) is 0 Å². The lowest BCUT2D eigenvalue weighted by atomic mass is 9.96. The van der Waals surface area contributed by atoms with Crippen molar-refractivity contribution in [3.05, 3.63) is 29.3 Å². The average molecular weight is 274 g/mol.